The monoisotopic (exact) mass is 334 g/mol. The second kappa shape index (κ2) is 7.23. The van der Waals surface area contributed by atoms with Crippen molar-refractivity contribution in [3.63, 3.8) is 0 Å². The lowest BCUT2D eigenvalue weighted by molar-refractivity contribution is 0.0526. The maximum Gasteiger partial charge on any atom is 0.338 e. The molecule has 0 aliphatic carbocycles. The Morgan fingerprint density at radius 2 is 2.22 bits per heavy atom. The number of carbonyl (C=O) groups excluding carboxylic acids is 1. The molecular formula is C16H18N2O4S. The number of hydrogen-bond donors (Lipinski definition) is 1. The summed E-state index contributed by atoms with van der Waals surface area (Å²) in [5.41, 5.74) is 0.936. The zero-order valence-electron chi connectivity index (χ0n) is 13.1. The SMILES string of the molecule is CCOC(=O)c1cccc(N=Cc2sc(=O)n(C(C)C)c2O)c1. The van der Waals surface area contributed by atoms with Crippen molar-refractivity contribution in [3.8, 4) is 5.88 Å². The Morgan fingerprint density at radius 3 is 2.83 bits per heavy atom. The van der Waals surface area contributed by atoms with Gasteiger partial charge in [0.25, 0.3) is 0 Å². The van der Waals surface area contributed by atoms with Gasteiger partial charge in [0.1, 0.15) is 4.88 Å². The predicted molar refractivity (Wildman–Crippen MR) is 90.3 cm³/mol. The first kappa shape index (κ1) is 17.0. The highest BCUT2D eigenvalue weighted by Crippen LogP contribution is 2.23. The van der Waals surface area contributed by atoms with Crippen molar-refractivity contribution in [1.29, 1.82) is 0 Å². The van der Waals surface area contributed by atoms with E-state index >= 15 is 0 Å². The van der Waals surface area contributed by atoms with Crippen molar-refractivity contribution in [3.05, 3.63) is 44.4 Å². The molecule has 1 N–H and O–H groups in total. The van der Waals surface area contributed by atoms with E-state index in [-0.39, 0.29) is 16.8 Å². The number of aromatic nitrogens is 1. The van der Waals surface area contributed by atoms with Crippen LogP contribution in [0, 0.1) is 0 Å². The van der Waals surface area contributed by atoms with Crippen LogP contribution >= 0.6 is 11.3 Å². The summed E-state index contributed by atoms with van der Waals surface area (Å²) in [4.78, 5) is 27.9. The first-order valence-electron chi connectivity index (χ1n) is 7.19. The topological polar surface area (TPSA) is 80.9 Å². The van der Waals surface area contributed by atoms with Gasteiger partial charge in [0.15, 0.2) is 0 Å². The lowest BCUT2D eigenvalue weighted by atomic mass is 10.2. The average Bonchev–Trinajstić information content (AvgIpc) is 2.80. The molecule has 0 spiro atoms. The quantitative estimate of drug-likeness (QED) is 0.673. The van der Waals surface area contributed by atoms with Gasteiger partial charge in [-0.25, -0.2) is 4.79 Å². The molecule has 0 unspecified atom stereocenters. The summed E-state index contributed by atoms with van der Waals surface area (Å²) < 4.78 is 6.24. The van der Waals surface area contributed by atoms with Gasteiger partial charge in [-0.15, -0.1) is 0 Å². The molecule has 2 rings (SSSR count). The van der Waals surface area contributed by atoms with Gasteiger partial charge in [0, 0.05) is 6.04 Å². The summed E-state index contributed by atoms with van der Waals surface area (Å²) in [6.45, 7) is 5.68. The summed E-state index contributed by atoms with van der Waals surface area (Å²) in [7, 11) is 0. The van der Waals surface area contributed by atoms with Gasteiger partial charge in [-0.1, -0.05) is 17.4 Å². The van der Waals surface area contributed by atoms with Crippen LogP contribution in [0.1, 0.15) is 42.0 Å². The fourth-order valence-corrected chi connectivity index (χ4v) is 2.87. The van der Waals surface area contributed by atoms with Crippen LogP contribution in [0.4, 0.5) is 5.69 Å². The zero-order valence-corrected chi connectivity index (χ0v) is 14.0. The summed E-state index contributed by atoms with van der Waals surface area (Å²) >= 11 is 0.924. The van der Waals surface area contributed by atoms with E-state index in [1.807, 2.05) is 13.8 Å². The number of thiazole rings is 1. The van der Waals surface area contributed by atoms with Crippen molar-refractivity contribution in [2.24, 2.45) is 4.99 Å². The van der Waals surface area contributed by atoms with E-state index in [2.05, 4.69) is 4.99 Å². The first-order chi connectivity index (χ1) is 10.9. The molecule has 0 aliphatic heterocycles. The number of hydrogen-bond acceptors (Lipinski definition) is 6. The van der Waals surface area contributed by atoms with Gasteiger partial charge >= 0.3 is 10.8 Å². The van der Waals surface area contributed by atoms with Gasteiger partial charge in [-0.05, 0) is 39.0 Å². The highest BCUT2D eigenvalue weighted by molar-refractivity contribution is 7.11. The molecule has 0 radical (unpaired) electrons. The van der Waals surface area contributed by atoms with E-state index in [4.69, 9.17) is 4.74 Å². The average molecular weight is 334 g/mol. The summed E-state index contributed by atoms with van der Waals surface area (Å²) in [5, 5.41) is 10.1. The molecule has 0 saturated heterocycles. The third kappa shape index (κ3) is 3.87. The van der Waals surface area contributed by atoms with Gasteiger partial charge < -0.3 is 9.84 Å². The van der Waals surface area contributed by atoms with Crippen molar-refractivity contribution < 1.29 is 14.6 Å². The van der Waals surface area contributed by atoms with Crippen LogP contribution in [0.25, 0.3) is 0 Å². The predicted octanol–water partition coefficient (Wildman–Crippen LogP) is 3.12. The van der Waals surface area contributed by atoms with Gasteiger partial charge in [-0.2, -0.15) is 0 Å². The van der Waals surface area contributed by atoms with E-state index in [1.54, 1.807) is 31.2 Å². The largest absolute Gasteiger partial charge is 0.493 e. The Hall–Kier alpha value is -2.41. The fourth-order valence-electron chi connectivity index (χ4n) is 1.99. The summed E-state index contributed by atoms with van der Waals surface area (Å²) in [6.07, 6.45) is 1.42. The van der Waals surface area contributed by atoms with Crippen molar-refractivity contribution in [2.45, 2.75) is 26.8 Å². The molecule has 122 valence electrons. The standard InChI is InChI=1S/C16H18N2O4S/c1-4-22-15(20)11-6-5-7-12(8-11)17-9-13-14(19)18(10(2)3)16(21)23-13/h5-10,19H,4H2,1-3H3. The summed E-state index contributed by atoms with van der Waals surface area (Å²) in [6, 6.07) is 6.52. The molecular weight excluding hydrogens is 316 g/mol. The number of nitrogens with zero attached hydrogens (tertiary/aromatic N) is 2. The Balaban J connectivity index is 2.28. The minimum atomic E-state index is -0.414. The van der Waals surface area contributed by atoms with Gasteiger partial charge in [0.2, 0.25) is 5.88 Å². The van der Waals surface area contributed by atoms with Crippen molar-refractivity contribution in [1.82, 2.24) is 4.57 Å². The smallest absolute Gasteiger partial charge is 0.338 e. The normalized spacial score (nSPS) is 11.3. The molecule has 0 saturated carbocycles. The van der Waals surface area contributed by atoms with E-state index < -0.39 is 5.97 Å². The van der Waals surface area contributed by atoms with Crippen LogP contribution < -0.4 is 4.87 Å². The third-order valence-electron chi connectivity index (χ3n) is 3.05. The van der Waals surface area contributed by atoms with Crippen LogP contribution in [-0.2, 0) is 4.74 Å². The van der Waals surface area contributed by atoms with E-state index in [9.17, 15) is 14.7 Å². The maximum atomic E-state index is 11.8. The Kier molecular flexibility index (Phi) is 5.33. The lowest BCUT2D eigenvalue weighted by Gasteiger charge is -2.06. The number of rotatable bonds is 5. The highest BCUT2D eigenvalue weighted by atomic mass is 32.1. The van der Waals surface area contributed by atoms with Gasteiger partial charge in [0.05, 0.1) is 24.1 Å². The van der Waals surface area contributed by atoms with Crippen LogP contribution in [-0.4, -0.2) is 28.5 Å². The minimum Gasteiger partial charge on any atom is -0.493 e. The van der Waals surface area contributed by atoms with Crippen molar-refractivity contribution in [2.75, 3.05) is 6.61 Å². The van der Waals surface area contributed by atoms with Crippen LogP contribution in [0.2, 0.25) is 0 Å². The molecule has 7 heteroatoms. The molecule has 1 aromatic heterocycles. The Bertz CT molecular complexity index is 790. The molecule has 23 heavy (non-hydrogen) atoms. The number of aliphatic imine (C=N–C) groups is 1. The molecule has 6 nitrogen and oxygen atoms in total. The fraction of sp³-hybridized carbons (Fsp3) is 0.312. The molecule has 0 atom stereocenters. The second-order valence-corrected chi connectivity index (χ2v) is 6.04. The second-order valence-electron chi connectivity index (χ2n) is 5.05. The Labute approximate surface area is 137 Å². The number of benzene rings is 1. The first-order valence-corrected chi connectivity index (χ1v) is 8.01. The number of esters is 1. The molecule has 0 aliphatic rings. The third-order valence-corrected chi connectivity index (χ3v) is 3.93. The maximum absolute atomic E-state index is 11.8. The molecule has 0 amide bonds. The van der Waals surface area contributed by atoms with Crippen LogP contribution in [0.5, 0.6) is 5.88 Å². The van der Waals surface area contributed by atoms with E-state index in [0.29, 0.717) is 22.7 Å². The molecule has 0 bridgehead atoms. The van der Waals surface area contributed by atoms with Crippen LogP contribution in [0.3, 0.4) is 0 Å². The molecule has 2 aromatic rings. The number of aromatic hydroxyl groups is 1. The molecule has 1 aromatic carbocycles. The van der Waals surface area contributed by atoms with Crippen molar-refractivity contribution >= 4 is 29.2 Å². The molecule has 0 fully saturated rings. The lowest BCUT2D eigenvalue weighted by Crippen LogP contribution is -2.14. The van der Waals surface area contributed by atoms with Crippen LogP contribution in [0.15, 0.2) is 34.1 Å². The number of ether oxygens (including phenoxy) is 1. The highest BCUT2D eigenvalue weighted by Gasteiger charge is 2.14. The molecule has 1 heterocycles. The zero-order chi connectivity index (χ0) is 17.0. The Morgan fingerprint density at radius 1 is 1.48 bits per heavy atom. The van der Waals surface area contributed by atoms with E-state index in [1.165, 1.54) is 10.8 Å². The van der Waals surface area contributed by atoms with Gasteiger partial charge in [-0.3, -0.25) is 14.4 Å². The van der Waals surface area contributed by atoms with E-state index in [0.717, 1.165) is 11.3 Å². The minimum absolute atomic E-state index is 0.0969. The summed E-state index contributed by atoms with van der Waals surface area (Å²) in [5.74, 6) is -0.511. The number of carbonyl (C=O) groups is 1.